The van der Waals surface area contributed by atoms with Crippen molar-refractivity contribution in [2.24, 2.45) is 0 Å². The Balaban J connectivity index is 1.94. The maximum Gasteiger partial charge on any atom is 0.251 e. The van der Waals surface area contributed by atoms with E-state index in [-0.39, 0.29) is 11.8 Å². The molecule has 0 aliphatic rings. The van der Waals surface area contributed by atoms with Gasteiger partial charge in [0.2, 0.25) is 5.91 Å². The van der Waals surface area contributed by atoms with Crippen molar-refractivity contribution in [3.63, 3.8) is 0 Å². The van der Waals surface area contributed by atoms with Crippen LogP contribution < -0.4 is 10.6 Å². The average Bonchev–Trinajstić information content (AvgIpc) is 2.46. The van der Waals surface area contributed by atoms with Crippen LogP contribution in [0.1, 0.15) is 22.8 Å². The van der Waals surface area contributed by atoms with Gasteiger partial charge in [0.25, 0.3) is 5.91 Å². The molecule has 0 saturated carbocycles. The molecule has 2 amide bonds. The van der Waals surface area contributed by atoms with Crippen LogP contribution in [-0.2, 0) is 11.3 Å². The van der Waals surface area contributed by atoms with Gasteiger partial charge in [-0.2, -0.15) is 0 Å². The third-order valence-corrected chi connectivity index (χ3v) is 2.64. The van der Waals surface area contributed by atoms with E-state index in [9.17, 15) is 9.59 Å². The molecule has 0 fully saturated rings. The maximum atomic E-state index is 11.9. The smallest absolute Gasteiger partial charge is 0.251 e. The van der Waals surface area contributed by atoms with Crippen molar-refractivity contribution in [3.05, 3.63) is 59.9 Å². The Labute approximate surface area is 117 Å². The van der Waals surface area contributed by atoms with Crippen LogP contribution in [0.3, 0.4) is 0 Å². The normalized spacial score (nSPS) is 9.85. The van der Waals surface area contributed by atoms with E-state index in [1.54, 1.807) is 36.7 Å². The lowest BCUT2D eigenvalue weighted by atomic mass is 10.2. The highest BCUT2D eigenvalue weighted by atomic mass is 16.2. The summed E-state index contributed by atoms with van der Waals surface area (Å²) in [6.07, 6.45) is 3.40. The van der Waals surface area contributed by atoms with Gasteiger partial charge < -0.3 is 10.6 Å². The summed E-state index contributed by atoms with van der Waals surface area (Å²) in [5.74, 6) is -0.304. The van der Waals surface area contributed by atoms with E-state index in [0.717, 1.165) is 5.56 Å². The third-order valence-electron chi connectivity index (χ3n) is 2.64. The van der Waals surface area contributed by atoms with E-state index in [0.29, 0.717) is 17.8 Å². The summed E-state index contributed by atoms with van der Waals surface area (Å²) in [7, 11) is 0. The van der Waals surface area contributed by atoms with Gasteiger partial charge in [0.05, 0.1) is 0 Å². The lowest BCUT2D eigenvalue weighted by Gasteiger charge is -2.06. The van der Waals surface area contributed by atoms with Gasteiger partial charge in [-0.15, -0.1) is 0 Å². The SMILES string of the molecule is CC(=O)Nc1ccc(C(=O)NCc2cccnc2)cc1. The monoisotopic (exact) mass is 269 g/mol. The number of anilines is 1. The molecule has 20 heavy (non-hydrogen) atoms. The van der Waals surface area contributed by atoms with Gasteiger partial charge >= 0.3 is 0 Å². The second-order valence-electron chi connectivity index (χ2n) is 4.30. The van der Waals surface area contributed by atoms with Crippen LogP contribution >= 0.6 is 0 Å². The number of aromatic nitrogens is 1. The molecular formula is C15H15N3O2. The largest absolute Gasteiger partial charge is 0.348 e. The molecule has 0 radical (unpaired) electrons. The molecule has 5 nitrogen and oxygen atoms in total. The Morgan fingerprint density at radius 2 is 1.90 bits per heavy atom. The third kappa shape index (κ3) is 3.91. The molecule has 0 atom stereocenters. The number of carbonyl (C=O) groups is 2. The van der Waals surface area contributed by atoms with E-state index < -0.39 is 0 Å². The van der Waals surface area contributed by atoms with Crippen LogP contribution in [0.5, 0.6) is 0 Å². The minimum Gasteiger partial charge on any atom is -0.348 e. The fraction of sp³-hybridized carbons (Fsp3) is 0.133. The number of pyridine rings is 1. The fourth-order valence-electron chi connectivity index (χ4n) is 1.70. The number of carbonyl (C=O) groups excluding carboxylic acids is 2. The van der Waals surface area contributed by atoms with Gasteiger partial charge in [-0.05, 0) is 35.9 Å². The van der Waals surface area contributed by atoms with E-state index in [4.69, 9.17) is 0 Å². The second-order valence-corrected chi connectivity index (χ2v) is 4.30. The van der Waals surface area contributed by atoms with Crippen molar-refractivity contribution >= 4 is 17.5 Å². The van der Waals surface area contributed by atoms with E-state index >= 15 is 0 Å². The number of nitrogens with one attached hydrogen (secondary N) is 2. The molecule has 102 valence electrons. The molecule has 2 rings (SSSR count). The first kappa shape index (κ1) is 13.7. The highest BCUT2D eigenvalue weighted by Crippen LogP contribution is 2.09. The lowest BCUT2D eigenvalue weighted by molar-refractivity contribution is -0.114. The molecule has 0 aliphatic carbocycles. The Hall–Kier alpha value is -2.69. The zero-order chi connectivity index (χ0) is 14.4. The standard InChI is InChI=1S/C15H15N3O2/c1-11(19)18-14-6-4-13(5-7-14)15(20)17-10-12-3-2-8-16-9-12/h2-9H,10H2,1H3,(H,17,20)(H,18,19). The number of hydrogen-bond acceptors (Lipinski definition) is 3. The lowest BCUT2D eigenvalue weighted by Crippen LogP contribution is -2.22. The molecule has 0 spiro atoms. The van der Waals surface area contributed by atoms with Crippen molar-refractivity contribution in [3.8, 4) is 0 Å². The van der Waals surface area contributed by atoms with Gasteiger partial charge in [0, 0.05) is 37.1 Å². The minimum atomic E-state index is -0.164. The van der Waals surface area contributed by atoms with E-state index in [2.05, 4.69) is 15.6 Å². The first-order valence-electron chi connectivity index (χ1n) is 6.20. The van der Waals surface area contributed by atoms with Crippen LogP contribution in [-0.4, -0.2) is 16.8 Å². The van der Waals surface area contributed by atoms with E-state index in [1.165, 1.54) is 6.92 Å². The summed E-state index contributed by atoms with van der Waals surface area (Å²) in [6, 6.07) is 10.4. The quantitative estimate of drug-likeness (QED) is 0.891. The van der Waals surface area contributed by atoms with Crippen LogP contribution in [0.2, 0.25) is 0 Å². The van der Waals surface area contributed by atoms with Crippen molar-refractivity contribution in [2.45, 2.75) is 13.5 Å². The highest BCUT2D eigenvalue weighted by Gasteiger charge is 2.05. The maximum absolute atomic E-state index is 11.9. The molecule has 1 heterocycles. The van der Waals surface area contributed by atoms with Crippen LogP contribution in [0.4, 0.5) is 5.69 Å². The Kier molecular flexibility index (Phi) is 4.44. The van der Waals surface area contributed by atoms with Gasteiger partial charge in [0.1, 0.15) is 0 Å². The number of rotatable bonds is 4. The molecule has 1 aromatic carbocycles. The van der Waals surface area contributed by atoms with Crippen molar-refractivity contribution < 1.29 is 9.59 Å². The summed E-state index contributed by atoms with van der Waals surface area (Å²) >= 11 is 0. The molecular weight excluding hydrogens is 254 g/mol. The molecule has 0 aliphatic heterocycles. The Morgan fingerprint density at radius 3 is 2.50 bits per heavy atom. The molecule has 2 aromatic rings. The number of amides is 2. The summed E-state index contributed by atoms with van der Waals surface area (Å²) in [4.78, 5) is 26.8. The summed E-state index contributed by atoms with van der Waals surface area (Å²) < 4.78 is 0. The second kappa shape index (κ2) is 6.47. The summed E-state index contributed by atoms with van der Waals surface area (Å²) in [6.45, 7) is 1.87. The predicted molar refractivity (Wildman–Crippen MR) is 76.2 cm³/mol. The van der Waals surface area contributed by atoms with Crippen molar-refractivity contribution in [1.82, 2.24) is 10.3 Å². The molecule has 0 unspecified atom stereocenters. The first-order chi connectivity index (χ1) is 9.65. The number of hydrogen-bond donors (Lipinski definition) is 2. The Morgan fingerprint density at radius 1 is 1.15 bits per heavy atom. The first-order valence-corrected chi connectivity index (χ1v) is 6.20. The van der Waals surface area contributed by atoms with Crippen LogP contribution in [0, 0.1) is 0 Å². The van der Waals surface area contributed by atoms with Crippen molar-refractivity contribution in [2.75, 3.05) is 5.32 Å². The van der Waals surface area contributed by atoms with E-state index in [1.807, 2.05) is 12.1 Å². The topological polar surface area (TPSA) is 71.1 Å². The van der Waals surface area contributed by atoms with Crippen LogP contribution in [0.25, 0.3) is 0 Å². The van der Waals surface area contributed by atoms with Gasteiger partial charge in [-0.1, -0.05) is 6.07 Å². The molecule has 2 N–H and O–H groups in total. The minimum absolute atomic E-state index is 0.140. The summed E-state index contributed by atoms with van der Waals surface area (Å²) in [5.41, 5.74) is 2.15. The zero-order valence-electron chi connectivity index (χ0n) is 11.1. The number of benzene rings is 1. The zero-order valence-corrected chi connectivity index (χ0v) is 11.1. The molecule has 0 saturated heterocycles. The predicted octanol–water partition coefficient (Wildman–Crippen LogP) is 1.97. The van der Waals surface area contributed by atoms with Crippen molar-refractivity contribution in [1.29, 1.82) is 0 Å². The highest BCUT2D eigenvalue weighted by molar-refractivity contribution is 5.95. The van der Waals surface area contributed by atoms with Gasteiger partial charge in [0.15, 0.2) is 0 Å². The molecule has 0 bridgehead atoms. The summed E-state index contributed by atoms with van der Waals surface area (Å²) in [5, 5.41) is 5.46. The van der Waals surface area contributed by atoms with Gasteiger partial charge in [-0.3, -0.25) is 14.6 Å². The van der Waals surface area contributed by atoms with Crippen LogP contribution in [0.15, 0.2) is 48.8 Å². The average molecular weight is 269 g/mol. The fourth-order valence-corrected chi connectivity index (χ4v) is 1.70. The number of nitrogens with zero attached hydrogens (tertiary/aromatic N) is 1. The molecule has 1 aromatic heterocycles. The Bertz CT molecular complexity index is 594. The van der Waals surface area contributed by atoms with Gasteiger partial charge in [-0.25, -0.2) is 0 Å². The molecule has 5 heteroatoms.